The van der Waals surface area contributed by atoms with Crippen LogP contribution < -0.4 is 5.46 Å². The largest absolute Gasteiger partial charge is 0.494 e. The molecule has 0 N–H and O–H groups in total. The van der Waals surface area contributed by atoms with Gasteiger partial charge >= 0.3 is 7.12 Å². The van der Waals surface area contributed by atoms with Crippen LogP contribution in [0.3, 0.4) is 0 Å². The molecule has 2 atom stereocenters. The van der Waals surface area contributed by atoms with Crippen LogP contribution in [0.1, 0.15) is 112 Å². The number of rotatable bonds is 16. The molecule has 0 aromatic heterocycles. The third-order valence-corrected chi connectivity index (χ3v) is 12.1. The van der Waals surface area contributed by atoms with Gasteiger partial charge in [-0.3, -0.25) is 0 Å². The summed E-state index contributed by atoms with van der Waals surface area (Å²) < 4.78 is 57.8. The first-order chi connectivity index (χ1) is 21.1. The topological polar surface area (TPSA) is 80.3 Å². The number of sulfone groups is 1. The normalized spacial score (nSPS) is 21.5. The monoisotopic (exact) mass is 642 g/mol. The molecule has 0 bridgehead atoms. The predicted molar refractivity (Wildman–Crippen MR) is 180 cm³/mol. The van der Waals surface area contributed by atoms with Crippen LogP contribution in [-0.4, -0.2) is 56.6 Å². The summed E-state index contributed by atoms with van der Waals surface area (Å²) in [5.41, 5.74) is 0.415. The van der Waals surface area contributed by atoms with Gasteiger partial charge in [0.2, 0.25) is 0 Å². The molecule has 7 nitrogen and oxygen atoms in total. The first-order valence-corrected chi connectivity index (χ1v) is 18.2. The van der Waals surface area contributed by atoms with Crippen LogP contribution in [0.25, 0.3) is 0 Å². The highest BCUT2D eigenvalue weighted by atomic mass is 32.2. The first-order valence-electron chi connectivity index (χ1n) is 16.8. The Morgan fingerprint density at radius 3 is 2.13 bits per heavy atom. The van der Waals surface area contributed by atoms with E-state index in [2.05, 4.69) is 19.1 Å². The zero-order valence-electron chi connectivity index (χ0n) is 28.6. The van der Waals surface area contributed by atoms with E-state index in [1.54, 1.807) is 24.3 Å². The van der Waals surface area contributed by atoms with Crippen molar-refractivity contribution in [1.82, 2.24) is 0 Å². The van der Waals surface area contributed by atoms with E-state index in [1.165, 1.54) is 5.56 Å². The zero-order chi connectivity index (χ0) is 32.8. The lowest BCUT2D eigenvalue weighted by Crippen LogP contribution is -2.45. The summed E-state index contributed by atoms with van der Waals surface area (Å²) in [5, 5.41) is 0. The molecule has 9 heteroatoms. The Kier molecular flexibility index (Phi) is 12.0. The molecular formula is C36H55BO7S. The van der Waals surface area contributed by atoms with Crippen LogP contribution in [0.5, 0.6) is 0 Å². The molecule has 2 fully saturated rings. The highest BCUT2D eigenvalue weighted by molar-refractivity contribution is 7.92. The van der Waals surface area contributed by atoms with Crippen molar-refractivity contribution in [2.45, 2.75) is 146 Å². The van der Waals surface area contributed by atoms with Crippen LogP contribution in [0.15, 0.2) is 59.5 Å². The smallest absolute Gasteiger partial charge is 0.399 e. The third kappa shape index (κ3) is 9.42. The van der Waals surface area contributed by atoms with Gasteiger partial charge in [-0.2, -0.15) is 0 Å². The van der Waals surface area contributed by atoms with Gasteiger partial charge in [0.25, 0.3) is 0 Å². The molecule has 2 saturated heterocycles. The number of hydrogen-bond donors (Lipinski definition) is 0. The quantitative estimate of drug-likeness (QED) is 0.140. The van der Waals surface area contributed by atoms with E-state index in [0.717, 1.165) is 63.4 Å². The van der Waals surface area contributed by atoms with E-state index in [9.17, 15) is 8.42 Å². The second kappa shape index (κ2) is 15.0. The van der Waals surface area contributed by atoms with E-state index < -0.39 is 38.5 Å². The lowest BCUT2D eigenvalue weighted by Gasteiger charge is -2.40. The Morgan fingerprint density at radius 1 is 0.867 bits per heavy atom. The summed E-state index contributed by atoms with van der Waals surface area (Å²) in [6, 6.07) is 17.2. The summed E-state index contributed by atoms with van der Waals surface area (Å²) in [6.07, 6.45) is 7.78. The zero-order valence-corrected chi connectivity index (χ0v) is 29.4. The molecule has 2 unspecified atom stereocenters. The van der Waals surface area contributed by atoms with Gasteiger partial charge in [-0.15, -0.1) is 0 Å². The predicted octanol–water partition coefficient (Wildman–Crippen LogP) is 7.40. The van der Waals surface area contributed by atoms with Crippen LogP contribution in [-0.2, 0) is 40.0 Å². The molecule has 2 aromatic carbocycles. The molecule has 4 rings (SSSR count). The van der Waals surface area contributed by atoms with E-state index in [-0.39, 0.29) is 6.29 Å². The van der Waals surface area contributed by atoms with Gasteiger partial charge in [-0.1, -0.05) is 61.7 Å². The standard InChI is InChI=1S/C36H55BO7S/c1-33(2,45(38,39)31-22-20-30(21-23-31)37-43-34(3,4)35(5,6)44-37)28-36(7,42-32-19-13-16-26-41-32)24-14-8-9-15-25-40-27-29-17-11-10-12-18-29/h10-12,17-18,20-23,32H,8-9,13-16,19,24-28H2,1-7H3. The van der Waals surface area contributed by atoms with E-state index in [4.69, 9.17) is 23.5 Å². The Balaban J connectivity index is 1.36. The summed E-state index contributed by atoms with van der Waals surface area (Å²) >= 11 is 0. The third-order valence-electron chi connectivity index (χ3n) is 9.65. The van der Waals surface area contributed by atoms with Crippen molar-refractivity contribution < 1.29 is 31.9 Å². The van der Waals surface area contributed by atoms with Crippen molar-refractivity contribution in [2.75, 3.05) is 13.2 Å². The van der Waals surface area contributed by atoms with Gasteiger partial charge in [-0.05, 0) is 110 Å². The maximum absolute atomic E-state index is 14.1. The molecule has 2 aromatic rings. The number of ether oxygens (including phenoxy) is 3. The van der Waals surface area contributed by atoms with Gasteiger partial charge in [0.1, 0.15) is 0 Å². The summed E-state index contributed by atoms with van der Waals surface area (Å²) in [6.45, 7) is 15.8. The second-order valence-electron chi connectivity index (χ2n) is 14.7. The maximum Gasteiger partial charge on any atom is 0.494 e. The number of benzene rings is 2. The minimum atomic E-state index is -3.69. The number of unbranched alkanes of at least 4 members (excludes halogenated alkanes) is 3. The molecule has 2 aliphatic heterocycles. The Bertz CT molecular complexity index is 1290. The van der Waals surface area contributed by atoms with E-state index in [0.29, 0.717) is 24.5 Å². The van der Waals surface area contributed by atoms with Crippen LogP contribution in [0.2, 0.25) is 0 Å². The lowest BCUT2D eigenvalue weighted by molar-refractivity contribution is -0.225. The molecule has 45 heavy (non-hydrogen) atoms. The summed E-state index contributed by atoms with van der Waals surface area (Å²) in [7, 11) is -4.23. The van der Waals surface area contributed by atoms with Crippen LogP contribution in [0.4, 0.5) is 0 Å². The van der Waals surface area contributed by atoms with Crippen molar-refractivity contribution in [2.24, 2.45) is 0 Å². The fraction of sp³-hybridized carbons (Fsp3) is 0.667. The molecule has 0 amide bonds. The minimum absolute atomic E-state index is 0.291. The first kappa shape index (κ1) is 36.1. The average Bonchev–Trinajstić information content (AvgIpc) is 3.21. The van der Waals surface area contributed by atoms with Crippen molar-refractivity contribution in [1.29, 1.82) is 0 Å². The van der Waals surface area contributed by atoms with Crippen LogP contribution in [0, 0.1) is 0 Å². The average molecular weight is 643 g/mol. The van der Waals surface area contributed by atoms with Crippen molar-refractivity contribution in [3.8, 4) is 0 Å². The molecule has 0 spiro atoms. The van der Waals surface area contributed by atoms with Crippen molar-refractivity contribution in [3.63, 3.8) is 0 Å². The summed E-state index contributed by atoms with van der Waals surface area (Å²) in [4.78, 5) is 0.291. The van der Waals surface area contributed by atoms with E-state index in [1.807, 2.05) is 59.7 Å². The second-order valence-corrected chi connectivity index (χ2v) is 17.2. The van der Waals surface area contributed by atoms with Gasteiger partial charge in [0.05, 0.1) is 33.1 Å². The summed E-state index contributed by atoms with van der Waals surface area (Å²) in [5.74, 6) is 0. The fourth-order valence-electron chi connectivity index (χ4n) is 6.23. The van der Waals surface area contributed by atoms with Gasteiger partial charge in [0, 0.05) is 13.2 Å². The molecule has 2 aliphatic rings. The van der Waals surface area contributed by atoms with E-state index >= 15 is 0 Å². The van der Waals surface area contributed by atoms with Gasteiger partial charge in [0.15, 0.2) is 16.1 Å². The Morgan fingerprint density at radius 2 is 1.51 bits per heavy atom. The maximum atomic E-state index is 14.1. The highest BCUT2D eigenvalue weighted by Crippen LogP contribution is 2.39. The minimum Gasteiger partial charge on any atom is -0.399 e. The SMILES string of the molecule is CC(CCCCCCOCc1ccccc1)(CC(C)(C)S(=O)(=O)c1ccc(B2OC(C)(C)C(C)(C)O2)cc1)OC1CCCCO1. The van der Waals surface area contributed by atoms with Crippen molar-refractivity contribution in [3.05, 3.63) is 60.2 Å². The molecule has 2 heterocycles. The molecular weight excluding hydrogens is 587 g/mol. The Hall–Kier alpha value is -1.75. The molecule has 0 aliphatic carbocycles. The fourth-order valence-corrected chi connectivity index (χ4v) is 7.86. The van der Waals surface area contributed by atoms with Crippen molar-refractivity contribution >= 4 is 22.4 Å². The van der Waals surface area contributed by atoms with Gasteiger partial charge in [-0.25, -0.2) is 8.42 Å². The lowest BCUT2D eigenvalue weighted by atomic mass is 9.79. The molecule has 250 valence electrons. The number of hydrogen-bond acceptors (Lipinski definition) is 7. The molecule has 0 saturated carbocycles. The van der Waals surface area contributed by atoms with Gasteiger partial charge < -0.3 is 23.5 Å². The van der Waals surface area contributed by atoms with Crippen LogP contribution >= 0.6 is 0 Å². The highest BCUT2D eigenvalue weighted by Gasteiger charge is 2.52. The molecule has 0 radical (unpaired) electrons. The Labute approximate surface area is 272 Å².